The van der Waals surface area contributed by atoms with Gasteiger partial charge in [0.2, 0.25) is 5.90 Å². The molecule has 1 aromatic carbocycles. The number of nitrogens with two attached hydrogens (primary N) is 1. The normalized spacial score (nSPS) is 13.6. The van der Waals surface area contributed by atoms with E-state index in [1.54, 1.807) is 0 Å². The van der Waals surface area contributed by atoms with Gasteiger partial charge in [0.25, 0.3) is 0 Å². The lowest BCUT2D eigenvalue weighted by molar-refractivity contribution is 0.348. The van der Waals surface area contributed by atoms with Crippen molar-refractivity contribution >= 4 is 11.6 Å². The van der Waals surface area contributed by atoms with Crippen LogP contribution >= 0.6 is 0 Å². The highest BCUT2D eigenvalue weighted by molar-refractivity contribution is 6.00. The molecule has 3 heteroatoms. The molecule has 0 atom stereocenters. The first kappa shape index (κ1) is 12.6. The van der Waals surface area contributed by atoms with Gasteiger partial charge in [-0.3, -0.25) is 0 Å². The summed E-state index contributed by atoms with van der Waals surface area (Å²) in [5, 5.41) is 0. The van der Waals surface area contributed by atoms with Gasteiger partial charge < -0.3 is 10.5 Å². The predicted molar refractivity (Wildman–Crippen MR) is 68.9 cm³/mol. The number of hydrogen-bond donors (Lipinski definition) is 1. The van der Waals surface area contributed by atoms with Crippen LogP contribution in [-0.4, -0.2) is 19.0 Å². The van der Waals surface area contributed by atoms with Gasteiger partial charge in [0.1, 0.15) is 6.61 Å². The van der Waals surface area contributed by atoms with Crippen molar-refractivity contribution in [2.75, 3.05) is 18.9 Å². The molecule has 16 heavy (non-hydrogen) atoms. The van der Waals surface area contributed by atoms with E-state index in [4.69, 9.17) is 10.5 Å². The van der Waals surface area contributed by atoms with Gasteiger partial charge in [-0.25, -0.2) is 4.99 Å². The number of nitrogens with zero attached hydrogens (tertiary/aromatic N) is 1. The minimum absolute atomic E-state index is 0.669. The summed E-state index contributed by atoms with van der Waals surface area (Å²) >= 11 is 0. The number of benzene rings is 1. The highest BCUT2D eigenvalue weighted by Crippen LogP contribution is 2.19. The number of hydrogen-bond acceptors (Lipinski definition) is 3. The number of para-hydroxylation sites is 1. The van der Waals surface area contributed by atoms with Gasteiger partial charge in [0.15, 0.2) is 0 Å². The molecule has 0 unspecified atom stereocenters. The van der Waals surface area contributed by atoms with E-state index in [0.717, 1.165) is 23.4 Å². The fourth-order valence-electron chi connectivity index (χ4n) is 1.37. The van der Waals surface area contributed by atoms with Crippen LogP contribution in [0.15, 0.2) is 23.2 Å². The molecule has 1 aliphatic rings. The van der Waals surface area contributed by atoms with Crippen LogP contribution in [0.25, 0.3) is 0 Å². The SMILES string of the molecule is CCC.Cc1cccc(C2=NCCO2)c1N. The fraction of sp³-hybridized carbons (Fsp3) is 0.462. The van der Waals surface area contributed by atoms with Gasteiger partial charge in [0, 0.05) is 5.69 Å². The van der Waals surface area contributed by atoms with Gasteiger partial charge >= 0.3 is 0 Å². The zero-order chi connectivity index (χ0) is 12.0. The van der Waals surface area contributed by atoms with Gasteiger partial charge in [-0.1, -0.05) is 32.4 Å². The van der Waals surface area contributed by atoms with Crippen LogP contribution in [0.5, 0.6) is 0 Å². The lowest BCUT2D eigenvalue weighted by Crippen LogP contribution is -2.06. The first-order valence-electron chi connectivity index (χ1n) is 5.73. The van der Waals surface area contributed by atoms with Gasteiger partial charge in [-0.05, 0) is 18.6 Å². The first-order valence-corrected chi connectivity index (χ1v) is 5.73. The summed E-state index contributed by atoms with van der Waals surface area (Å²) in [5.74, 6) is 0.682. The van der Waals surface area contributed by atoms with Crippen LogP contribution in [0.3, 0.4) is 0 Å². The minimum atomic E-state index is 0.669. The molecule has 2 rings (SSSR count). The summed E-state index contributed by atoms with van der Waals surface area (Å²) in [5.41, 5.74) is 8.65. The quantitative estimate of drug-likeness (QED) is 0.740. The Labute approximate surface area is 97.3 Å². The van der Waals surface area contributed by atoms with Crippen LogP contribution < -0.4 is 5.73 Å². The number of ether oxygens (including phenoxy) is 1. The second-order valence-corrected chi connectivity index (χ2v) is 3.78. The summed E-state index contributed by atoms with van der Waals surface area (Å²) in [6.45, 7) is 7.64. The molecule has 0 amide bonds. The third-order valence-corrected chi connectivity index (χ3v) is 2.14. The third-order valence-electron chi connectivity index (χ3n) is 2.14. The summed E-state index contributed by atoms with van der Waals surface area (Å²) < 4.78 is 5.34. The Kier molecular flexibility index (Phi) is 4.83. The fourth-order valence-corrected chi connectivity index (χ4v) is 1.37. The van der Waals surface area contributed by atoms with Crippen molar-refractivity contribution in [1.29, 1.82) is 0 Å². The largest absolute Gasteiger partial charge is 0.475 e. The molecule has 0 bridgehead atoms. The van der Waals surface area contributed by atoms with E-state index in [2.05, 4.69) is 18.8 Å². The van der Waals surface area contributed by atoms with Crippen molar-refractivity contribution in [3.8, 4) is 0 Å². The Morgan fingerprint density at radius 3 is 2.62 bits per heavy atom. The van der Waals surface area contributed by atoms with E-state index in [1.165, 1.54) is 6.42 Å². The van der Waals surface area contributed by atoms with Crippen molar-refractivity contribution in [1.82, 2.24) is 0 Å². The van der Waals surface area contributed by atoms with Crippen molar-refractivity contribution < 1.29 is 4.74 Å². The molecule has 3 nitrogen and oxygen atoms in total. The van der Waals surface area contributed by atoms with Crippen LogP contribution in [0.1, 0.15) is 31.4 Å². The van der Waals surface area contributed by atoms with Crippen molar-refractivity contribution in [3.63, 3.8) is 0 Å². The third kappa shape index (κ3) is 2.99. The molecule has 0 saturated carbocycles. The molecule has 0 saturated heterocycles. The molecule has 0 fully saturated rings. The summed E-state index contributed by atoms with van der Waals surface area (Å²) in [6.07, 6.45) is 1.25. The molecule has 2 N–H and O–H groups in total. The Bertz CT molecular complexity index is 372. The van der Waals surface area contributed by atoms with Crippen molar-refractivity contribution in [2.24, 2.45) is 4.99 Å². The maximum atomic E-state index is 5.90. The molecule has 0 aromatic heterocycles. The molecule has 0 radical (unpaired) electrons. The zero-order valence-corrected chi connectivity index (χ0v) is 10.3. The molecule has 1 aromatic rings. The van der Waals surface area contributed by atoms with Crippen LogP contribution in [0.2, 0.25) is 0 Å². The van der Waals surface area contributed by atoms with E-state index < -0.39 is 0 Å². The lowest BCUT2D eigenvalue weighted by Gasteiger charge is -2.07. The Morgan fingerprint density at radius 2 is 2.06 bits per heavy atom. The molecule has 0 aliphatic carbocycles. The Hall–Kier alpha value is -1.51. The second-order valence-electron chi connectivity index (χ2n) is 3.78. The summed E-state index contributed by atoms with van der Waals surface area (Å²) in [4.78, 5) is 4.22. The second kappa shape index (κ2) is 6.16. The Balaban J connectivity index is 0.000000386. The number of aliphatic imine (C=N–C) groups is 1. The molecular weight excluding hydrogens is 200 g/mol. The number of rotatable bonds is 1. The molecule has 1 heterocycles. The van der Waals surface area contributed by atoms with Gasteiger partial charge in [-0.2, -0.15) is 0 Å². The number of anilines is 1. The highest BCUT2D eigenvalue weighted by atomic mass is 16.5. The van der Waals surface area contributed by atoms with Crippen molar-refractivity contribution in [2.45, 2.75) is 27.2 Å². The van der Waals surface area contributed by atoms with Crippen molar-refractivity contribution in [3.05, 3.63) is 29.3 Å². The average Bonchev–Trinajstić information content (AvgIpc) is 2.76. The minimum Gasteiger partial charge on any atom is -0.475 e. The molecular formula is C13H20N2O. The van der Waals surface area contributed by atoms with E-state index in [9.17, 15) is 0 Å². The summed E-state index contributed by atoms with van der Waals surface area (Å²) in [7, 11) is 0. The molecule has 88 valence electrons. The molecule has 0 spiro atoms. The van der Waals surface area contributed by atoms with E-state index in [-0.39, 0.29) is 0 Å². The smallest absolute Gasteiger partial charge is 0.218 e. The summed E-state index contributed by atoms with van der Waals surface area (Å²) in [6, 6.07) is 5.88. The van der Waals surface area contributed by atoms with Crippen LogP contribution in [0.4, 0.5) is 5.69 Å². The van der Waals surface area contributed by atoms with Crippen LogP contribution in [0, 0.1) is 6.92 Å². The Morgan fingerprint density at radius 1 is 1.38 bits per heavy atom. The lowest BCUT2D eigenvalue weighted by atomic mass is 10.1. The monoisotopic (exact) mass is 220 g/mol. The highest BCUT2D eigenvalue weighted by Gasteiger charge is 2.13. The van der Waals surface area contributed by atoms with Gasteiger partial charge in [-0.15, -0.1) is 0 Å². The average molecular weight is 220 g/mol. The predicted octanol–water partition coefficient (Wildman–Crippen LogP) is 2.77. The zero-order valence-electron chi connectivity index (χ0n) is 10.3. The van der Waals surface area contributed by atoms with E-state index in [1.807, 2.05) is 25.1 Å². The van der Waals surface area contributed by atoms with E-state index >= 15 is 0 Å². The van der Waals surface area contributed by atoms with Crippen LogP contribution in [-0.2, 0) is 4.74 Å². The number of nitrogen functional groups attached to an aromatic ring is 1. The maximum absolute atomic E-state index is 5.90. The standard InChI is InChI=1S/C10H12N2O.C3H8/c1-7-3-2-4-8(9(7)11)10-12-5-6-13-10;1-3-2/h2-4H,5-6,11H2,1H3;3H2,1-2H3. The van der Waals surface area contributed by atoms with E-state index in [0.29, 0.717) is 12.5 Å². The maximum Gasteiger partial charge on any atom is 0.218 e. The first-order chi connectivity index (χ1) is 7.70. The number of aryl methyl sites for hydroxylation is 1. The molecule has 1 aliphatic heterocycles. The topological polar surface area (TPSA) is 47.6 Å². The van der Waals surface area contributed by atoms with Gasteiger partial charge in [0.05, 0.1) is 12.1 Å².